The third kappa shape index (κ3) is 2.89. The molecule has 1 N–H and O–H groups in total. The van der Waals surface area contributed by atoms with E-state index < -0.39 is 0 Å². The Hall–Kier alpha value is -3.42. The summed E-state index contributed by atoms with van der Waals surface area (Å²) in [5, 5.41) is 6.92. The Kier molecular flexibility index (Phi) is 3.77. The molecular weight excluding hydrogens is 322 g/mol. The summed E-state index contributed by atoms with van der Waals surface area (Å²) in [7, 11) is 0. The molecule has 2 amide bonds. The summed E-state index contributed by atoms with van der Waals surface area (Å²) >= 11 is 0. The van der Waals surface area contributed by atoms with Crippen LogP contribution in [-0.2, 0) is 9.59 Å². The number of benzene rings is 1. The number of ether oxygens (including phenoxy) is 1. The molecule has 1 aromatic carbocycles. The molecule has 2 aromatic heterocycles. The van der Waals surface area contributed by atoms with Gasteiger partial charge in [-0.25, -0.2) is 4.98 Å². The summed E-state index contributed by atoms with van der Waals surface area (Å²) in [6.45, 7) is 0.259. The van der Waals surface area contributed by atoms with Crippen LogP contribution in [0.25, 0.3) is 5.65 Å². The van der Waals surface area contributed by atoms with E-state index in [1.165, 1.54) is 0 Å². The fraction of sp³-hybridized carbons (Fsp3) is 0.176. The fourth-order valence-corrected chi connectivity index (χ4v) is 2.75. The van der Waals surface area contributed by atoms with E-state index in [1.54, 1.807) is 46.1 Å². The normalized spacial score (nSPS) is 13.4. The lowest BCUT2D eigenvalue weighted by atomic mass is 10.2. The van der Waals surface area contributed by atoms with Gasteiger partial charge in [-0.1, -0.05) is 12.1 Å². The molecule has 0 spiro atoms. The van der Waals surface area contributed by atoms with Crippen LogP contribution in [0.2, 0.25) is 0 Å². The highest BCUT2D eigenvalue weighted by molar-refractivity contribution is 5.99. The first-order valence-corrected chi connectivity index (χ1v) is 7.83. The number of nitrogens with one attached hydrogen (secondary N) is 1. The summed E-state index contributed by atoms with van der Waals surface area (Å²) < 4.78 is 6.95. The number of aromatic nitrogens is 3. The maximum absolute atomic E-state index is 12.3. The second-order valence-corrected chi connectivity index (χ2v) is 5.53. The fourth-order valence-electron chi connectivity index (χ4n) is 2.75. The number of hydrogen-bond donors (Lipinski definition) is 1. The summed E-state index contributed by atoms with van der Waals surface area (Å²) in [5.74, 6) is 0.813. The average Bonchev–Trinajstić information content (AvgIpc) is 3.11. The van der Waals surface area contributed by atoms with Crippen molar-refractivity contribution < 1.29 is 14.3 Å². The van der Waals surface area contributed by atoms with Crippen molar-refractivity contribution in [3.8, 4) is 5.75 Å². The summed E-state index contributed by atoms with van der Waals surface area (Å²) in [4.78, 5) is 30.1. The van der Waals surface area contributed by atoms with Crippen molar-refractivity contribution in [1.29, 1.82) is 0 Å². The van der Waals surface area contributed by atoms with Crippen molar-refractivity contribution in [2.24, 2.45) is 0 Å². The molecule has 0 radical (unpaired) electrons. The number of para-hydroxylation sites is 2. The number of hydrogen-bond acceptors (Lipinski definition) is 5. The Balaban J connectivity index is 1.46. The van der Waals surface area contributed by atoms with E-state index in [-0.39, 0.29) is 31.4 Å². The van der Waals surface area contributed by atoms with E-state index in [0.29, 0.717) is 22.9 Å². The van der Waals surface area contributed by atoms with Gasteiger partial charge in [0, 0.05) is 25.2 Å². The number of amides is 2. The standard InChI is InChI=1S/C17H15N5O3/c23-16(20-15-5-8-18-14-6-9-19-22(14)15)7-10-21-12-3-1-2-4-13(12)25-11-17(21)24/h1-6,8-9H,7,10-11H2,(H,20,23). The summed E-state index contributed by atoms with van der Waals surface area (Å²) in [5.41, 5.74) is 1.33. The van der Waals surface area contributed by atoms with Gasteiger partial charge in [-0.2, -0.15) is 9.61 Å². The molecule has 0 saturated carbocycles. The molecule has 8 nitrogen and oxygen atoms in total. The highest BCUT2D eigenvalue weighted by atomic mass is 16.5. The lowest BCUT2D eigenvalue weighted by Gasteiger charge is -2.29. The number of nitrogens with zero attached hydrogens (tertiary/aromatic N) is 4. The maximum atomic E-state index is 12.3. The summed E-state index contributed by atoms with van der Waals surface area (Å²) in [6, 6.07) is 10.7. The zero-order chi connectivity index (χ0) is 17.2. The molecule has 0 saturated heterocycles. The molecule has 126 valence electrons. The van der Waals surface area contributed by atoms with Crippen molar-refractivity contribution in [1.82, 2.24) is 14.6 Å². The van der Waals surface area contributed by atoms with E-state index in [9.17, 15) is 9.59 Å². The van der Waals surface area contributed by atoms with Gasteiger partial charge in [0.25, 0.3) is 5.91 Å². The van der Waals surface area contributed by atoms with Crippen LogP contribution in [0.3, 0.4) is 0 Å². The zero-order valence-corrected chi connectivity index (χ0v) is 13.3. The minimum absolute atomic E-state index is 0.0170. The Bertz CT molecular complexity index is 952. The van der Waals surface area contributed by atoms with Gasteiger partial charge in [-0.3, -0.25) is 9.59 Å². The first-order chi connectivity index (χ1) is 12.2. The topological polar surface area (TPSA) is 88.8 Å². The maximum Gasteiger partial charge on any atom is 0.265 e. The van der Waals surface area contributed by atoms with Crippen molar-refractivity contribution in [3.63, 3.8) is 0 Å². The average molecular weight is 337 g/mol. The van der Waals surface area contributed by atoms with Crippen LogP contribution in [-0.4, -0.2) is 39.6 Å². The predicted octanol–water partition coefficient (Wildman–Crippen LogP) is 1.48. The minimum atomic E-state index is -0.209. The van der Waals surface area contributed by atoms with Crippen LogP contribution in [0, 0.1) is 0 Å². The Morgan fingerprint density at radius 2 is 2.08 bits per heavy atom. The first kappa shape index (κ1) is 15.1. The predicted molar refractivity (Wildman–Crippen MR) is 90.5 cm³/mol. The van der Waals surface area contributed by atoms with Crippen LogP contribution >= 0.6 is 0 Å². The van der Waals surface area contributed by atoms with E-state index in [2.05, 4.69) is 15.4 Å². The van der Waals surface area contributed by atoms with Crippen LogP contribution < -0.4 is 15.0 Å². The number of rotatable bonds is 4. The van der Waals surface area contributed by atoms with Crippen molar-refractivity contribution in [2.45, 2.75) is 6.42 Å². The molecule has 0 atom stereocenters. The number of anilines is 2. The van der Waals surface area contributed by atoms with Gasteiger partial charge in [0.2, 0.25) is 5.91 Å². The molecule has 25 heavy (non-hydrogen) atoms. The Morgan fingerprint density at radius 3 is 3.00 bits per heavy atom. The van der Waals surface area contributed by atoms with Crippen molar-refractivity contribution in [2.75, 3.05) is 23.4 Å². The molecule has 1 aliphatic rings. The molecule has 8 heteroatoms. The third-order valence-corrected chi connectivity index (χ3v) is 3.93. The first-order valence-electron chi connectivity index (χ1n) is 7.83. The highest BCUT2D eigenvalue weighted by Gasteiger charge is 2.25. The zero-order valence-electron chi connectivity index (χ0n) is 13.3. The van der Waals surface area contributed by atoms with Crippen LogP contribution in [0.4, 0.5) is 11.5 Å². The highest BCUT2D eigenvalue weighted by Crippen LogP contribution is 2.31. The SMILES string of the molecule is O=C(CCN1C(=O)COc2ccccc21)Nc1ccnc2ccnn12. The van der Waals surface area contributed by atoms with Gasteiger partial charge in [0.15, 0.2) is 12.3 Å². The molecule has 0 fully saturated rings. The smallest absolute Gasteiger partial charge is 0.265 e. The molecular formula is C17H15N5O3. The van der Waals surface area contributed by atoms with Gasteiger partial charge in [-0.15, -0.1) is 0 Å². The molecule has 0 bridgehead atoms. The second-order valence-electron chi connectivity index (χ2n) is 5.53. The van der Waals surface area contributed by atoms with Crippen molar-refractivity contribution in [3.05, 3.63) is 48.8 Å². The molecule has 1 aliphatic heterocycles. The molecule has 0 aliphatic carbocycles. The van der Waals surface area contributed by atoms with E-state index in [1.807, 2.05) is 12.1 Å². The summed E-state index contributed by atoms with van der Waals surface area (Å²) in [6.07, 6.45) is 3.38. The van der Waals surface area contributed by atoms with Crippen molar-refractivity contribution >= 4 is 29.0 Å². The molecule has 4 rings (SSSR count). The van der Waals surface area contributed by atoms with Gasteiger partial charge < -0.3 is 15.0 Å². The number of carbonyl (C=O) groups is 2. The molecule has 3 heterocycles. The minimum Gasteiger partial charge on any atom is -0.482 e. The molecule has 0 unspecified atom stereocenters. The molecule has 3 aromatic rings. The van der Waals surface area contributed by atoms with E-state index >= 15 is 0 Å². The van der Waals surface area contributed by atoms with Gasteiger partial charge in [-0.05, 0) is 18.2 Å². The third-order valence-electron chi connectivity index (χ3n) is 3.93. The largest absolute Gasteiger partial charge is 0.482 e. The second kappa shape index (κ2) is 6.23. The van der Waals surface area contributed by atoms with Gasteiger partial charge in [0.1, 0.15) is 11.6 Å². The monoisotopic (exact) mass is 337 g/mol. The lowest BCUT2D eigenvalue weighted by molar-refractivity contribution is -0.121. The van der Waals surface area contributed by atoms with Gasteiger partial charge >= 0.3 is 0 Å². The number of fused-ring (bicyclic) bond motifs is 2. The van der Waals surface area contributed by atoms with Crippen LogP contribution in [0.1, 0.15) is 6.42 Å². The quantitative estimate of drug-likeness (QED) is 0.779. The number of carbonyl (C=O) groups excluding carboxylic acids is 2. The van der Waals surface area contributed by atoms with E-state index in [4.69, 9.17) is 4.74 Å². The van der Waals surface area contributed by atoms with E-state index in [0.717, 1.165) is 0 Å². The Labute approximate surface area is 143 Å². The van der Waals surface area contributed by atoms with Crippen LogP contribution in [0.5, 0.6) is 5.75 Å². The van der Waals surface area contributed by atoms with Gasteiger partial charge in [0.05, 0.1) is 11.9 Å². The Morgan fingerprint density at radius 1 is 1.20 bits per heavy atom. The van der Waals surface area contributed by atoms with Crippen LogP contribution in [0.15, 0.2) is 48.8 Å². The lowest BCUT2D eigenvalue weighted by Crippen LogP contribution is -2.40.